The predicted octanol–water partition coefficient (Wildman–Crippen LogP) is 4.65. The standard InChI is InChI=1S/C26H21NO2/c1-2-15-12-13-19-20(14-15)22-18-11-7-6-10-17(18)21(19)23-24(22)26(29)27(25(23)28)16-8-4-3-5-9-16/h3-14,21-24H,2H2,1H3. The van der Waals surface area contributed by atoms with Crippen molar-refractivity contribution >= 4 is 17.5 Å². The SMILES string of the molecule is CCc1ccc2c(c1)C1c3ccccc3C2C2C(=O)N(c3ccccc3)C(=O)C12. The van der Waals surface area contributed by atoms with E-state index in [0.29, 0.717) is 5.69 Å². The number of aryl methyl sites for hydroxylation is 1. The van der Waals surface area contributed by atoms with Crippen LogP contribution in [0.1, 0.15) is 46.6 Å². The number of para-hydroxylation sites is 1. The van der Waals surface area contributed by atoms with Gasteiger partial charge in [0.1, 0.15) is 0 Å². The van der Waals surface area contributed by atoms with Gasteiger partial charge in [-0.05, 0) is 46.4 Å². The van der Waals surface area contributed by atoms with Crippen molar-refractivity contribution < 1.29 is 9.59 Å². The fraction of sp³-hybridized carbons (Fsp3) is 0.231. The van der Waals surface area contributed by atoms with Gasteiger partial charge in [-0.1, -0.05) is 67.6 Å². The minimum atomic E-state index is -0.317. The molecule has 3 aliphatic carbocycles. The van der Waals surface area contributed by atoms with Gasteiger partial charge in [0, 0.05) is 11.8 Å². The molecule has 0 saturated carbocycles. The molecule has 3 aromatic carbocycles. The van der Waals surface area contributed by atoms with Crippen molar-refractivity contribution in [3.8, 4) is 0 Å². The van der Waals surface area contributed by atoms with Crippen molar-refractivity contribution in [2.75, 3.05) is 4.90 Å². The lowest BCUT2D eigenvalue weighted by Gasteiger charge is -2.46. The third-order valence-corrected chi connectivity index (χ3v) is 7.03. The highest BCUT2D eigenvalue weighted by Crippen LogP contribution is 2.61. The number of hydrogen-bond donors (Lipinski definition) is 0. The third-order valence-electron chi connectivity index (χ3n) is 7.03. The van der Waals surface area contributed by atoms with Crippen LogP contribution in [0.25, 0.3) is 0 Å². The molecule has 0 radical (unpaired) electrons. The van der Waals surface area contributed by atoms with Crippen LogP contribution in [0, 0.1) is 11.8 Å². The molecule has 0 spiro atoms. The van der Waals surface area contributed by atoms with Crippen LogP contribution in [0.4, 0.5) is 5.69 Å². The Labute approximate surface area is 170 Å². The highest BCUT2D eigenvalue weighted by Gasteiger charge is 2.61. The second-order valence-corrected chi connectivity index (χ2v) is 8.30. The molecule has 1 aliphatic heterocycles. The maximum atomic E-state index is 13.6. The van der Waals surface area contributed by atoms with Gasteiger partial charge in [-0.2, -0.15) is 0 Å². The minimum Gasteiger partial charge on any atom is -0.274 e. The van der Waals surface area contributed by atoms with E-state index in [1.165, 1.54) is 32.7 Å². The summed E-state index contributed by atoms with van der Waals surface area (Å²) in [6.45, 7) is 2.15. The summed E-state index contributed by atoms with van der Waals surface area (Å²) in [6.07, 6.45) is 0.962. The van der Waals surface area contributed by atoms with E-state index in [2.05, 4.69) is 37.3 Å². The number of benzene rings is 3. The lowest BCUT2D eigenvalue weighted by atomic mass is 9.55. The van der Waals surface area contributed by atoms with Crippen LogP contribution in [0.3, 0.4) is 0 Å². The summed E-state index contributed by atoms with van der Waals surface area (Å²) in [5, 5.41) is 0. The Morgan fingerprint density at radius 2 is 1.24 bits per heavy atom. The number of amides is 2. The maximum Gasteiger partial charge on any atom is 0.238 e. The van der Waals surface area contributed by atoms with Crippen LogP contribution >= 0.6 is 0 Å². The molecule has 142 valence electrons. The van der Waals surface area contributed by atoms with Crippen molar-refractivity contribution in [2.24, 2.45) is 11.8 Å². The summed E-state index contributed by atoms with van der Waals surface area (Å²) in [4.78, 5) is 28.6. The zero-order chi connectivity index (χ0) is 19.7. The smallest absolute Gasteiger partial charge is 0.238 e. The molecule has 3 nitrogen and oxygen atoms in total. The molecule has 0 aromatic heterocycles. The maximum absolute atomic E-state index is 13.6. The lowest BCUT2D eigenvalue weighted by Crippen LogP contribution is -2.41. The van der Waals surface area contributed by atoms with Crippen molar-refractivity contribution in [2.45, 2.75) is 25.2 Å². The number of carbonyl (C=O) groups excluding carboxylic acids is 2. The number of nitrogens with zero attached hydrogens (tertiary/aromatic N) is 1. The monoisotopic (exact) mass is 379 g/mol. The Morgan fingerprint density at radius 1 is 0.690 bits per heavy atom. The van der Waals surface area contributed by atoms with E-state index in [9.17, 15) is 9.59 Å². The van der Waals surface area contributed by atoms with Gasteiger partial charge in [0.25, 0.3) is 0 Å². The summed E-state index contributed by atoms with van der Waals surface area (Å²) in [7, 11) is 0. The van der Waals surface area contributed by atoms with Crippen LogP contribution in [0.5, 0.6) is 0 Å². The van der Waals surface area contributed by atoms with Gasteiger partial charge >= 0.3 is 0 Å². The summed E-state index contributed by atoms with van der Waals surface area (Å²) < 4.78 is 0. The fourth-order valence-electron chi connectivity index (χ4n) is 5.83. The highest BCUT2D eigenvalue weighted by atomic mass is 16.2. The third kappa shape index (κ3) is 2.08. The van der Waals surface area contributed by atoms with Crippen molar-refractivity contribution in [1.29, 1.82) is 0 Å². The second kappa shape index (κ2) is 5.90. The van der Waals surface area contributed by atoms with Crippen LogP contribution in [0.2, 0.25) is 0 Å². The molecule has 4 atom stereocenters. The van der Waals surface area contributed by atoms with Gasteiger partial charge in [0.15, 0.2) is 0 Å². The first kappa shape index (κ1) is 16.7. The average Bonchev–Trinajstić information content (AvgIpc) is 3.04. The van der Waals surface area contributed by atoms with E-state index in [4.69, 9.17) is 0 Å². The van der Waals surface area contributed by atoms with Gasteiger partial charge in [-0.3, -0.25) is 9.59 Å². The minimum absolute atomic E-state index is 0.0483. The van der Waals surface area contributed by atoms with Gasteiger partial charge < -0.3 is 0 Å². The molecular weight excluding hydrogens is 358 g/mol. The Morgan fingerprint density at radius 3 is 1.86 bits per heavy atom. The van der Waals surface area contributed by atoms with Crippen LogP contribution in [-0.4, -0.2) is 11.8 Å². The van der Waals surface area contributed by atoms with E-state index in [0.717, 1.165) is 6.42 Å². The van der Waals surface area contributed by atoms with Crippen LogP contribution in [-0.2, 0) is 16.0 Å². The molecule has 4 aliphatic rings. The summed E-state index contributed by atoms with van der Waals surface area (Å²) in [5.41, 5.74) is 6.86. The first-order valence-corrected chi connectivity index (χ1v) is 10.3. The average molecular weight is 379 g/mol. The van der Waals surface area contributed by atoms with Crippen LogP contribution < -0.4 is 4.90 Å². The summed E-state index contributed by atoms with van der Waals surface area (Å²) in [6, 6.07) is 24.4. The molecule has 3 aromatic rings. The molecule has 4 unspecified atom stereocenters. The Kier molecular flexibility index (Phi) is 3.40. The number of hydrogen-bond acceptors (Lipinski definition) is 2. The van der Waals surface area contributed by atoms with E-state index >= 15 is 0 Å². The largest absolute Gasteiger partial charge is 0.274 e. The highest BCUT2D eigenvalue weighted by molar-refractivity contribution is 6.23. The zero-order valence-corrected chi connectivity index (χ0v) is 16.2. The number of carbonyl (C=O) groups is 2. The topological polar surface area (TPSA) is 37.4 Å². The molecule has 7 rings (SSSR count). The molecule has 3 heteroatoms. The molecule has 0 N–H and O–H groups in total. The Balaban J connectivity index is 1.59. The van der Waals surface area contributed by atoms with E-state index < -0.39 is 0 Å². The quantitative estimate of drug-likeness (QED) is 0.608. The normalized spacial score (nSPS) is 26.3. The molecule has 1 fully saturated rings. The predicted molar refractivity (Wildman–Crippen MR) is 112 cm³/mol. The summed E-state index contributed by atoms with van der Waals surface area (Å²) >= 11 is 0. The van der Waals surface area contributed by atoms with Crippen molar-refractivity contribution in [3.63, 3.8) is 0 Å². The van der Waals surface area contributed by atoms with Gasteiger partial charge in [-0.25, -0.2) is 4.90 Å². The van der Waals surface area contributed by atoms with Crippen molar-refractivity contribution in [1.82, 2.24) is 0 Å². The molecule has 29 heavy (non-hydrogen) atoms. The Bertz CT molecular complexity index is 1170. The van der Waals surface area contributed by atoms with Crippen LogP contribution in [0.15, 0.2) is 72.8 Å². The lowest BCUT2D eigenvalue weighted by molar-refractivity contribution is -0.122. The zero-order valence-electron chi connectivity index (χ0n) is 16.2. The first-order chi connectivity index (χ1) is 14.2. The van der Waals surface area contributed by atoms with E-state index in [1.54, 1.807) is 0 Å². The molecular formula is C26H21NO2. The summed E-state index contributed by atoms with van der Waals surface area (Å²) in [5.74, 6) is -0.839. The second-order valence-electron chi connectivity index (χ2n) is 8.30. The van der Waals surface area contributed by atoms with Gasteiger partial charge in [-0.15, -0.1) is 0 Å². The molecule has 2 bridgehead atoms. The molecule has 2 amide bonds. The van der Waals surface area contributed by atoms with Crippen molar-refractivity contribution in [3.05, 3.63) is 101 Å². The number of rotatable bonds is 2. The number of imide groups is 1. The fourth-order valence-corrected chi connectivity index (χ4v) is 5.83. The number of anilines is 1. The van der Waals surface area contributed by atoms with E-state index in [1.807, 2.05) is 42.5 Å². The van der Waals surface area contributed by atoms with E-state index in [-0.39, 0.29) is 35.5 Å². The Hall–Kier alpha value is -3.20. The van der Waals surface area contributed by atoms with Gasteiger partial charge in [0.2, 0.25) is 11.8 Å². The molecule has 1 heterocycles. The molecule has 1 saturated heterocycles. The first-order valence-electron chi connectivity index (χ1n) is 10.3. The van der Waals surface area contributed by atoms with Gasteiger partial charge in [0.05, 0.1) is 17.5 Å².